The van der Waals surface area contributed by atoms with Crippen molar-refractivity contribution in [3.8, 4) is 11.5 Å². The van der Waals surface area contributed by atoms with Crippen LogP contribution in [-0.2, 0) is 19.0 Å². The highest BCUT2D eigenvalue weighted by Gasteiger charge is 2.32. The van der Waals surface area contributed by atoms with Crippen LogP contribution < -0.4 is 9.47 Å². The second-order valence-corrected chi connectivity index (χ2v) is 7.62. The Bertz CT molecular complexity index is 1290. The van der Waals surface area contributed by atoms with E-state index in [0.717, 1.165) is 40.9 Å². The fourth-order valence-corrected chi connectivity index (χ4v) is 4.01. The van der Waals surface area contributed by atoms with Gasteiger partial charge in [-0.3, -0.25) is 9.97 Å². The van der Waals surface area contributed by atoms with Crippen molar-refractivity contribution >= 4 is 21.7 Å². The molecule has 4 nitrogen and oxygen atoms in total. The Kier molecular flexibility index (Phi) is 5.91. The molecule has 4 aromatic rings. The van der Waals surface area contributed by atoms with Crippen LogP contribution in [0.1, 0.15) is 35.7 Å². The van der Waals surface area contributed by atoms with E-state index >= 15 is 0 Å². The molecular formula is C25H23F3N2O2. The second-order valence-electron chi connectivity index (χ2n) is 7.62. The average Bonchev–Trinajstić information content (AvgIpc) is 2.78. The van der Waals surface area contributed by atoms with E-state index in [1.165, 1.54) is 6.07 Å². The van der Waals surface area contributed by atoms with Crippen molar-refractivity contribution < 1.29 is 22.6 Å². The second kappa shape index (κ2) is 8.65. The van der Waals surface area contributed by atoms with Gasteiger partial charge in [0.2, 0.25) is 0 Å². The molecule has 0 aliphatic rings. The van der Waals surface area contributed by atoms with Crippen molar-refractivity contribution in [1.29, 1.82) is 0 Å². The molecule has 0 unspecified atom stereocenters. The highest BCUT2D eigenvalue weighted by atomic mass is 19.4. The zero-order chi connectivity index (χ0) is 22.9. The Labute approximate surface area is 184 Å². The van der Waals surface area contributed by atoms with Gasteiger partial charge in [-0.15, -0.1) is 0 Å². The summed E-state index contributed by atoms with van der Waals surface area (Å²) in [6, 6.07) is 9.43. The molecule has 0 saturated carbocycles. The smallest absolute Gasteiger partial charge is 0.417 e. The molecule has 0 fully saturated rings. The molecule has 4 rings (SSSR count). The summed E-state index contributed by atoms with van der Waals surface area (Å²) in [7, 11) is 3.16. The summed E-state index contributed by atoms with van der Waals surface area (Å²) in [6.07, 6.45) is 1.10. The van der Waals surface area contributed by atoms with Gasteiger partial charge in [0.1, 0.15) is 0 Å². The van der Waals surface area contributed by atoms with Crippen LogP contribution in [-0.4, -0.2) is 24.2 Å². The summed E-state index contributed by atoms with van der Waals surface area (Å²) < 4.78 is 51.4. The molecule has 0 aliphatic carbocycles. The highest BCUT2D eigenvalue weighted by molar-refractivity contribution is 5.91. The number of hydrogen-bond donors (Lipinski definition) is 0. The van der Waals surface area contributed by atoms with E-state index in [2.05, 4.69) is 16.9 Å². The molecular weight excluding hydrogens is 417 g/mol. The molecule has 7 heteroatoms. The molecule has 2 aromatic carbocycles. The van der Waals surface area contributed by atoms with Gasteiger partial charge in [-0.1, -0.05) is 19.4 Å². The average molecular weight is 440 g/mol. The maximum Gasteiger partial charge on any atom is 0.417 e. The minimum atomic E-state index is -4.44. The number of aromatic nitrogens is 2. The number of aryl methyl sites for hydroxylation is 1. The number of nitrogens with zero attached hydrogens (tertiary/aromatic N) is 2. The number of methoxy groups -OCH3 is 2. The molecule has 0 saturated heterocycles. The van der Waals surface area contributed by atoms with Gasteiger partial charge in [0.15, 0.2) is 11.5 Å². The zero-order valence-electron chi connectivity index (χ0n) is 18.1. The summed E-state index contributed by atoms with van der Waals surface area (Å²) in [5.41, 5.74) is 2.14. The van der Waals surface area contributed by atoms with Crippen LogP contribution in [0.25, 0.3) is 21.7 Å². The normalized spacial score (nSPS) is 11.8. The number of benzene rings is 2. The van der Waals surface area contributed by atoms with E-state index < -0.39 is 11.7 Å². The number of pyridine rings is 2. The first kappa shape index (κ1) is 21.9. The summed E-state index contributed by atoms with van der Waals surface area (Å²) in [6.45, 7) is 2.08. The molecule has 2 aromatic heterocycles. The quantitative estimate of drug-likeness (QED) is 0.350. The third-order valence-corrected chi connectivity index (χ3v) is 5.53. The first-order valence-corrected chi connectivity index (χ1v) is 10.3. The first-order valence-electron chi connectivity index (χ1n) is 10.3. The number of alkyl halides is 3. The SMILES string of the molecule is CCCc1ncc(Cc2cnc3cccc(C(F)(F)F)c3c2)c2cc(OC)c(OC)cc12. The van der Waals surface area contributed by atoms with E-state index in [1.807, 2.05) is 12.1 Å². The maximum atomic E-state index is 13.5. The van der Waals surface area contributed by atoms with Crippen LogP contribution in [0.2, 0.25) is 0 Å². The predicted octanol–water partition coefficient (Wildman–Crippen LogP) is 6.36. The topological polar surface area (TPSA) is 44.2 Å². The highest BCUT2D eigenvalue weighted by Crippen LogP contribution is 2.37. The minimum absolute atomic E-state index is 0.0941. The van der Waals surface area contributed by atoms with Gasteiger partial charge in [0.05, 0.1) is 25.3 Å². The summed E-state index contributed by atoms with van der Waals surface area (Å²) >= 11 is 0. The number of ether oxygens (including phenoxy) is 2. The zero-order valence-corrected chi connectivity index (χ0v) is 18.1. The third-order valence-electron chi connectivity index (χ3n) is 5.53. The lowest BCUT2D eigenvalue weighted by atomic mass is 9.97. The minimum Gasteiger partial charge on any atom is -0.493 e. The van der Waals surface area contributed by atoms with Crippen LogP contribution in [0.4, 0.5) is 13.2 Å². The lowest BCUT2D eigenvalue weighted by Gasteiger charge is -2.15. The van der Waals surface area contributed by atoms with E-state index in [4.69, 9.17) is 9.47 Å². The van der Waals surface area contributed by atoms with Gasteiger partial charge in [-0.05, 0) is 53.3 Å². The van der Waals surface area contributed by atoms with Crippen LogP contribution >= 0.6 is 0 Å². The largest absolute Gasteiger partial charge is 0.493 e. The molecule has 0 aliphatic heterocycles. The Hall–Kier alpha value is -3.35. The number of hydrogen-bond acceptors (Lipinski definition) is 4. The van der Waals surface area contributed by atoms with E-state index in [9.17, 15) is 13.2 Å². The fourth-order valence-electron chi connectivity index (χ4n) is 4.01. The third kappa shape index (κ3) is 4.07. The molecule has 32 heavy (non-hydrogen) atoms. The molecule has 0 radical (unpaired) electrons. The van der Waals surface area contributed by atoms with Gasteiger partial charge < -0.3 is 9.47 Å². The van der Waals surface area contributed by atoms with Crippen molar-refractivity contribution in [2.75, 3.05) is 14.2 Å². The Balaban J connectivity index is 1.85. The molecule has 2 heterocycles. The first-order chi connectivity index (χ1) is 15.4. The van der Waals surface area contributed by atoms with Crippen LogP contribution in [0.3, 0.4) is 0 Å². The van der Waals surface area contributed by atoms with Crippen LogP contribution in [0, 0.1) is 0 Å². The predicted molar refractivity (Wildman–Crippen MR) is 118 cm³/mol. The lowest BCUT2D eigenvalue weighted by Crippen LogP contribution is -2.06. The van der Waals surface area contributed by atoms with E-state index in [0.29, 0.717) is 29.0 Å². The number of fused-ring (bicyclic) bond motifs is 2. The fraction of sp³-hybridized carbons (Fsp3) is 0.280. The standard InChI is InChI=1S/C25H23F3N2O2/c1-4-6-21-18-12-24(32-3)23(31-2)11-17(18)16(14-30-21)9-15-10-19-20(25(26,27)28)7-5-8-22(19)29-13-15/h5,7-8,10-14H,4,6,9H2,1-3H3. The molecule has 0 bridgehead atoms. The van der Waals surface area contributed by atoms with Gasteiger partial charge >= 0.3 is 6.18 Å². The Morgan fingerprint density at radius 2 is 1.59 bits per heavy atom. The van der Waals surface area contributed by atoms with Gasteiger partial charge in [0, 0.05) is 35.3 Å². The van der Waals surface area contributed by atoms with Crippen molar-refractivity contribution in [3.63, 3.8) is 0 Å². The lowest BCUT2D eigenvalue weighted by molar-refractivity contribution is -0.136. The summed E-state index contributed by atoms with van der Waals surface area (Å²) in [4.78, 5) is 8.92. The van der Waals surface area contributed by atoms with Crippen molar-refractivity contribution in [1.82, 2.24) is 9.97 Å². The molecule has 0 spiro atoms. The Morgan fingerprint density at radius 3 is 2.25 bits per heavy atom. The van der Waals surface area contributed by atoms with Crippen molar-refractivity contribution in [2.45, 2.75) is 32.4 Å². The molecule has 0 N–H and O–H groups in total. The molecule has 0 amide bonds. The molecule has 0 atom stereocenters. The van der Waals surface area contributed by atoms with Gasteiger partial charge in [0.25, 0.3) is 0 Å². The number of halogens is 3. The van der Waals surface area contributed by atoms with Crippen molar-refractivity contribution in [2.24, 2.45) is 0 Å². The monoisotopic (exact) mass is 440 g/mol. The van der Waals surface area contributed by atoms with E-state index in [1.54, 1.807) is 38.7 Å². The van der Waals surface area contributed by atoms with Crippen LogP contribution in [0.5, 0.6) is 11.5 Å². The number of rotatable bonds is 6. The van der Waals surface area contributed by atoms with Crippen LogP contribution in [0.15, 0.2) is 48.8 Å². The Morgan fingerprint density at radius 1 is 0.875 bits per heavy atom. The van der Waals surface area contributed by atoms with E-state index in [-0.39, 0.29) is 5.39 Å². The van der Waals surface area contributed by atoms with Gasteiger partial charge in [-0.2, -0.15) is 13.2 Å². The van der Waals surface area contributed by atoms with Gasteiger partial charge in [-0.25, -0.2) is 0 Å². The summed E-state index contributed by atoms with van der Waals surface area (Å²) in [5.74, 6) is 1.20. The molecule has 166 valence electrons. The summed E-state index contributed by atoms with van der Waals surface area (Å²) in [5, 5.41) is 1.98. The van der Waals surface area contributed by atoms with Crippen molar-refractivity contribution in [3.05, 3.63) is 71.2 Å². The maximum absolute atomic E-state index is 13.5.